The molecule has 0 radical (unpaired) electrons. The van der Waals surface area contributed by atoms with Gasteiger partial charge in [-0.2, -0.15) is 0 Å². The number of nitrogens with zero attached hydrogens (tertiary/aromatic N) is 2. The number of aliphatic hydroxyl groups is 1. The van der Waals surface area contributed by atoms with Gasteiger partial charge in [0.05, 0.1) is 23.7 Å². The van der Waals surface area contributed by atoms with Gasteiger partial charge in [-0.05, 0) is 59.0 Å². The van der Waals surface area contributed by atoms with Crippen molar-refractivity contribution in [3.63, 3.8) is 0 Å². The van der Waals surface area contributed by atoms with Crippen molar-refractivity contribution >= 4 is 33.1 Å². The molecule has 1 fully saturated rings. The minimum absolute atomic E-state index is 0.0134. The summed E-state index contributed by atoms with van der Waals surface area (Å²) in [4.78, 5) is 0.235. The number of ether oxygens (including phenoxy) is 2. The highest BCUT2D eigenvalue weighted by molar-refractivity contribution is 8.01. The molecule has 0 bridgehead atoms. The number of sulfonamides is 1. The Labute approximate surface area is 277 Å². The average Bonchev–Trinajstić information content (AvgIpc) is 3.52. The van der Waals surface area contributed by atoms with Crippen molar-refractivity contribution < 1.29 is 23.0 Å². The molecular formula is C35H35N3O5S3. The van der Waals surface area contributed by atoms with Crippen LogP contribution in [-0.4, -0.2) is 35.6 Å². The fraction of sp³-hybridized carbons (Fsp3) is 0.257. The summed E-state index contributed by atoms with van der Waals surface area (Å²) in [6, 6.07) is 32.2. The number of aliphatic hydroxyl groups excluding tert-OH is 1. The van der Waals surface area contributed by atoms with Crippen LogP contribution in [0.3, 0.4) is 0 Å². The summed E-state index contributed by atoms with van der Waals surface area (Å²) in [5.41, 5.74) is 5.53. The largest absolute Gasteiger partial charge is 0.392 e. The van der Waals surface area contributed by atoms with E-state index < -0.39 is 16.3 Å². The molecule has 2 N–H and O–H groups in total. The number of thioether (sulfide) groups is 1. The molecule has 0 unspecified atom stereocenters. The van der Waals surface area contributed by atoms with E-state index in [2.05, 4.69) is 27.9 Å². The van der Waals surface area contributed by atoms with E-state index in [0.717, 1.165) is 42.7 Å². The number of aromatic nitrogens is 2. The lowest BCUT2D eigenvalue weighted by Gasteiger charge is -2.41. The normalized spacial score (nSPS) is 20.1. The first-order valence-electron chi connectivity index (χ1n) is 15.0. The molecular weight excluding hydrogens is 639 g/mol. The molecule has 238 valence electrons. The Kier molecular flexibility index (Phi) is 10.3. The summed E-state index contributed by atoms with van der Waals surface area (Å²) in [6.07, 6.45) is -0.959. The van der Waals surface area contributed by atoms with Crippen LogP contribution in [-0.2, 0) is 32.6 Å². The van der Waals surface area contributed by atoms with E-state index >= 15 is 0 Å². The molecule has 1 aliphatic rings. The first-order valence-corrected chi connectivity index (χ1v) is 18.2. The molecule has 46 heavy (non-hydrogen) atoms. The van der Waals surface area contributed by atoms with Crippen LogP contribution >= 0.6 is 23.1 Å². The van der Waals surface area contributed by atoms with Gasteiger partial charge in [-0.15, -0.1) is 10.2 Å². The summed E-state index contributed by atoms with van der Waals surface area (Å²) in [5, 5.41) is 18.9. The maximum atomic E-state index is 12.8. The van der Waals surface area contributed by atoms with Crippen molar-refractivity contribution in [2.45, 2.75) is 54.7 Å². The zero-order chi connectivity index (χ0) is 32.1. The highest BCUT2D eigenvalue weighted by Gasteiger charge is 2.38. The maximum absolute atomic E-state index is 12.8. The predicted molar refractivity (Wildman–Crippen MR) is 181 cm³/mol. The van der Waals surface area contributed by atoms with Crippen LogP contribution < -0.4 is 4.72 Å². The van der Waals surface area contributed by atoms with Crippen molar-refractivity contribution in [2.24, 2.45) is 5.92 Å². The Balaban J connectivity index is 1.23. The Hall–Kier alpha value is -3.42. The topological polar surface area (TPSA) is 111 Å². The molecule has 0 aliphatic carbocycles. The first-order chi connectivity index (χ1) is 22.3. The minimum Gasteiger partial charge on any atom is -0.392 e. The molecule has 0 spiro atoms. The molecule has 6 rings (SSSR count). The van der Waals surface area contributed by atoms with Crippen LogP contribution in [0.5, 0.6) is 0 Å². The smallest absolute Gasteiger partial charge is 0.240 e. The average molecular weight is 674 g/mol. The van der Waals surface area contributed by atoms with Gasteiger partial charge in [0, 0.05) is 23.8 Å². The van der Waals surface area contributed by atoms with Crippen LogP contribution in [0, 0.1) is 12.8 Å². The summed E-state index contributed by atoms with van der Waals surface area (Å²) in [6.45, 7) is 4.25. The quantitative estimate of drug-likeness (QED) is 0.143. The van der Waals surface area contributed by atoms with Gasteiger partial charge in [-0.3, -0.25) is 0 Å². The molecule has 1 aromatic heterocycles. The van der Waals surface area contributed by atoms with Crippen LogP contribution in [0.1, 0.15) is 46.6 Å². The molecule has 11 heteroatoms. The van der Waals surface area contributed by atoms with Gasteiger partial charge in [0.15, 0.2) is 10.6 Å². The summed E-state index contributed by atoms with van der Waals surface area (Å²) >= 11 is 3.21. The number of benzene rings is 4. The Morgan fingerprint density at radius 1 is 0.848 bits per heavy atom. The zero-order valence-corrected chi connectivity index (χ0v) is 27.9. The first kappa shape index (κ1) is 32.5. The molecule has 1 aliphatic heterocycles. The van der Waals surface area contributed by atoms with Gasteiger partial charge in [-0.25, -0.2) is 13.1 Å². The van der Waals surface area contributed by atoms with Crippen LogP contribution in [0.25, 0.3) is 11.1 Å². The van der Waals surface area contributed by atoms with Gasteiger partial charge in [0.1, 0.15) is 5.01 Å². The standard InChI is InChI=1S/C35H35N3O5S3/c1-23-32(22-44-35-38-37-24(2)45-35)42-34(43-33(23)27-16-14-25(21-39)15-17-27)30-11-7-10-29(19-30)28-9-6-8-26(18-28)20-36-46(40,41)31-12-4-3-5-13-31/h3-19,23,32-34,36,39H,20-22H2,1-2H3/t23-,32+,33+,34+/m0/s1. The molecule has 0 saturated carbocycles. The number of rotatable bonds is 11. The van der Waals surface area contributed by atoms with E-state index in [1.807, 2.05) is 73.7 Å². The second-order valence-electron chi connectivity index (χ2n) is 11.2. The van der Waals surface area contributed by atoms with E-state index in [9.17, 15) is 13.5 Å². The van der Waals surface area contributed by atoms with E-state index in [1.54, 1.807) is 53.4 Å². The van der Waals surface area contributed by atoms with E-state index in [1.165, 1.54) is 0 Å². The molecule has 8 nitrogen and oxygen atoms in total. The van der Waals surface area contributed by atoms with Gasteiger partial charge in [0.25, 0.3) is 0 Å². The summed E-state index contributed by atoms with van der Waals surface area (Å²) in [5.74, 6) is 0.749. The number of hydrogen-bond donors (Lipinski definition) is 2. The van der Waals surface area contributed by atoms with Crippen LogP contribution in [0.2, 0.25) is 0 Å². The minimum atomic E-state index is -3.62. The fourth-order valence-corrected chi connectivity index (χ4v) is 8.43. The monoisotopic (exact) mass is 673 g/mol. The lowest BCUT2D eigenvalue weighted by atomic mass is 9.91. The van der Waals surface area contributed by atoms with Crippen LogP contribution in [0.15, 0.2) is 112 Å². The molecule has 2 heterocycles. The molecule has 5 aromatic rings. The zero-order valence-electron chi connectivity index (χ0n) is 25.4. The highest BCUT2D eigenvalue weighted by Crippen LogP contribution is 2.43. The third-order valence-corrected chi connectivity index (χ3v) is 11.4. The Morgan fingerprint density at radius 3 is 2.30 bits per heavy atom. The lowest BCUT2D eigenvalue weighted by molar-refractivity contribution is -0.268. The predicted octanol–water partition coefficient (Wildman–Crippen LogP) is 7.07. The van der Waals surface area contributed by atoms with Crippen molar-refractivity contribution in [1.82, 2.24) is 14.9 Å². The second-order valence-corrected chi connectivity index (χ2v) is 15.4. The van der Waals surface area contributed by atoms with Gasteiger partial charge in [-0.1, -0.05) is 109 Å². The summed E-state index contributed by atoms with van der Waals surface area (Å²) < 4.78 is 42.4. The number of hydrogen-bond acceptors (Lipinski definition) is 9. The van der Waals surface area contributed by atoms with E-state index in [0.29, 0.717) is 5.75 Å². The third kappa shape index (κ3) is 7.75. The van der Waals surface area contributed by atoms with Crippen molar-refractivity contribution in [2.75, 3.05) is 5.75 Å². The fourth-order valence-electron chi connectivity index (χ4n) is 5.39. The van der Waals surface area contributed by atoms with E-state index in [4.69, 9.17) is 9.47 Å². The SMILES string of the molecule is Cc1nnc(SC[C@H]2O[C@@H](c3cccc(-c4cccc(CNS(=O)(=O)c5ccccc5)c4)c3)O[C@@H](c3ccc(CO)cc3)[C@H]2C)s1. The van der Waals surface area contributed by atoms with E-state index in [-0.39, 0.29) is 36.2 Å². The number of aryl methyl sites for hydroxylation is 1. The Morgan fingerprint density at radius 2 is 1.59 bits per heavy atom. The van der Waals surface area contributed by atoms with Crippen molar-refractivity contribution in [3.8, 4) is 11.1 Å². The lowest BCUT2D eigenvalue weighted by Crippen LogP contribution is -2.38. The third-order valence-electron chi connectivity index (χ3n) is 7.94. The van der Waals surface area contributed by atoms with Gasteiger partial charge < -0.3 is 14.6 Å². The van der Waals surface area contributed by atoms with Gasteiger partial charge >= 0.3 is 0 Å². The molecule has 4 atom stereocenters. The molecule has 4 aromatic carbocycles. The molecule has 0 amide bonds. The molecule has 1 saturated heterocycles. The van der Waals surface area contributed by atoms with Crippen molar-refractivity contribution in [3.05, 3.63) is 130 Å². The number of nitrogens with one attached hydrogen (secondary N) is 1. The maximum Gasteiger partial charge on any atom is 0.240 e. The summed E-state index contributed by atoms with van der Waals surface area (Å²) in [7, 11) is -3.62. The van der Waals surface area contributed by atoms with Crippen LogP contribution in [0.4, 0.5) is 0 Å². The Bertz CT molecular complexity index is 1870. The van der Waals surface area contributed by atoms with Crippen molar-refractivity contribution in [1.29, 1.82) is 0 Å². The second kappa shape index (κ2) is 14.6. The highest BCUT2D eigenvalue weighted by atomic mass is 32.2. The van der Waals surface area contributed by atoms with Gasteiger partial charge in [0.2, 0.25) is 10.0 Å².